The van der Waals surface area contributed by atoms with E-state index in [1.165, 1.54) is 6.20 Å². The number of carboxylic acid groups (broad SMARTS) is 1. The van der Waals surface area contributed by atoms with Crippen LogP contribution < -0.4 is 0 Å². The topological polar surface area (TPSA) is 98.2 Å². The van der Waals surface area contributed by atoms with E-state index in [4.69, 9.17) is 5.11 Å². The summed E-state index contributed by atoms with van der Waals surface area (Å²) in [5.41, 5.74) is -1.49. The number of carbonyl (C=O) groups is 1. The molecule has 0 aliphatic rings. The van der Waals surface area contributed by atoms with E-state index in [9.17, 15) is 18.0 Å². The van der Waals surface area contributed by atoms with Crippen molar-refractivity contribution in [2.24, 2.45) is 0 Å². The highest BCUT2D eigenvalue weighted by atomic mass is 19.4. The van der Waals surface area contributed by atoms with Gasteiger partial charge in [0.2, 0.25) is 0 Å². The Kier molecular flexibility index (Phi) is 2.64. The number of rotatable bonds is 2. The summed E-state index contributed by atoms with van der Waals surface area (Å²) in [4.78, 5) is 17.7. The maximum atomic E-state index is 12.8. The van der Waals surface area contributed by atoms with Crippen molar-refractivity contribution >= 4 is 11.7 Å². The summed E-state index contributed by atoms with van der Waals surface area (Å²) in [5.74, 6) is -1.70. The molecule has 0 radical (unpaired) electrons. The molecule has 0 saturated heterocycles. The third kappa shape index (κ3) is 2.17. The van der Waals surface area contributed by atoms with E-state index in [0.29, 0.717) is 6.07 Å². The molecule has 11 heteroatoms. The number of hydrogen-bond acceptors (Lipinski definition) is 5. The molecule has 0 unspecified atom stereocenters. The monoisotopic (exact) mass is 298 g/mol. The van der Waals surface area contributed by atoms with Crippen LogP contribution in [-0.4, -0.2) is 40.4 Å². The average molecular weight is 298 g/mol. The lowest BCUT2D eigenvalue weighted by Crippen LogP contribution is -2.14. The van der Waals surface area contributed by atoms with Crippen LogP contribution in [0.25, 0.3) is 11.6 Å². The standard InChI is InChI=1S/C10H5F3N6O2/c11-10(12,13)6-3-7(19-9(16-6)14-4-15-19)18-2-1-5(17-18)8(20)21/h1-4H,(H,20,21). The van der Waals surface area contributed by atoms with Gasteiger partial charge in [-0.15, -0.1) is 0 Å². The summed E-state index contributed by atoms with van der Waals surface area (Å²) in [6, 6.07) is 1.86. The van der Waals surface area contributed by atoms with Crippen LogP contribution in [0, 0.1) is 0 Å². The highest BCUT2D eigenvalue weighted by molar-refractivity contribution is 5.85. The first kappa shape index (κ1) is 13.0. The quantitative estimate of drug-likeness (QED) is 0.758. The second-order valence-corrected chi connectivity index (χ2v) is 3.92. The molecule has 0 atom stereocenters. The lowest BCUT2D eigenvalue weighted by Gasteiger charge is -2.09. The number of halogens is 3. The molecule has 0 fully saturated rings. The number of aromatic nitrogens is 6. The molecular formula is C10H5F3N6O2. The minimum atomic E-state index is -4.68. The van der Waals surface area contributed by atoms with Gasteiger partial charge in [-0.3, -0.25) is 0 Å². The molecule has 3 heterocycles. The third-order valence-electron chi connectivity index (χ3n) is 2.57. The minimum absolute atomic E-state index is 0.127. The molecule has 0 aliphatic heterocycles. The van der Waals surface area contributed by atoms with Crippen LogP contribution in [0.1, 0.15) is 16.2 Å². The van der Waals surface area contributed by atoms with E-state index in [2.05, 4.69) is 20.2 Å². The molecule has 3 rings (SSSR count). The summed E-state index contributed by atoms with van der Waals surface area (Å²) in [7, 11) is 0. The fourth-order valence-corrected chi connectivity index (χ4v) is 1.67. The molecule has 0 amide bonds. The molecule has 0 aromatic carbocycles. The maximum Gasteiger partial charge on any atom is 0.433 e. The van der Waals surface area contributed by atoms with E-state index in [1.54, 1.807) is 0 Å². The van der Waals surface area contributed by atoms with Crippen LogP contribution in [0.5, 0.6) is 0 Å². The summed E-state index contributed by atoms with van der Waals surface area (Å²) >= 11 is 0. The fourth-order valence-electron chi connectivity index (χ4n) is 1.67. The zero-order valence-electron chi connectivity index (χ0n) is 9.98. The van der Waals surface area contributed by atoms with Crippen LogP contribution in [0.2, 0.25) is 0 Å². The van der Waals surface area contributed by atoms with Crippen LogP contribution in [-0.2, 0) is 6.18 Å². The number of hydrogen-bond donors (Lipinski definition) is 1. The molecule has 0 bridgehead atoms. The van der Waals surface area contributed by atoms with Gasteiger partial charge in [0, 0.05) is 12.3 Å². The third-order valence-corrected chi connectivity index (χ3v) is 2.57. The predicted molar refractivity (Wildman–Crippen MR) is 59.9 cm³/mol. The SMILES string of the molecule is O=C(O)c1ccn(-c2cc(C(F)(F)F)nc3ncnn23)n1. The van der Waals surface area contributed by atoms with Gasteiger partial charge in [-0.05, 0) is 6.07 Å². The largest absolute Gasteiger partial charge is 0.476 e. The first-order valence-corrected chi connectivity index (χ1v) is 5.43. The van der Waals surface area contributed by atoms with Crippen molar-refractivity contribution in [1.82, 2.24) is 29.4 Å². The van der Waals surface area contributed by atoms with Gasteiger partial charge >= 0.3 is 12.1 Å². The van der Waals surface area contributed by atoms with Gasteiger partial charge in [-0.25, -0.2) is 14.5 Å². The Bertz CT molecular complexity index is 837. The minimum Gasteiger partial charge on any atom is -0.476 e. The summed E-state index contributed by atoms with van der Waals surface area (Å²) in [5, 5.41) is 16.2. The summed E-state index contributed by atoms with van der Waals surface area (Å²) in [6.07, 6.45) is -2.43. The van der Waals surface area contributed by atoms with E-state index < -0.39 is 17.8 Å². The number of aromatic carboxylic acids is 1. The van der Waals surface area contributed by atoms with Crippen LogP contribution in [0.15, 0.2) is 24.7 Å². The summed E-state index contributed by atoms with van der Waals surface area (Å²) < 4.78 is 40.4. The van der Waals surface area contributed by atoms with E-state index in [1.807, 2.05) is 0 Å². The highest BCUT2D eigenvalue weighted by Gasteiger charge is 2.34. The van der Waals surface area contributed by atoms with E-state index in [-0.39, 0.29) is 17.3 Å². The normalized spacial score (nSPS) is 12.0. The number of fused-ring (bicyclic) bond motifs is 1. The zero-order chi connectivity index (χ0) is 15.2. The predicted octanol–water partition coefficient (Wildman–Crippen LogP) is 1.03. The van der Waals surface area contributed by atoms with Crippen molar-refractivity contribution in [1.29, 1.82) is 0 Å². The van der Waals surface area contributed by atoms with Crippen LogP contribution in [0.4, 0.5) is 13.2 Å². The van der Waals surface area contributed by atoms with Crippen molar-refractivity contribution in [2.45, 2.75) is 6.18 Å². The Morgan fingerprint density at radius 1 is 1.33 bits per heavy atom. The Morgan fingerprint density at radius 3 is 2.71 bits per heavy atom. The molecule has 3 aromatic rings. The molecule has 1 N–H and O–H groups in total. The summed E-state index contributed by atoms with van der Waals surface area (Å²) in [6.45, 7) is 0. The molecule has 21 heavy (non-hydrogen) atoms. The first-order chi connectivity index (χ1) is 9.86. The van der Waals surface area contributed by atoms with E-state index >= 15 is 0 Å². The smallest absolute Gasteiger partial charge is 0.433 e. The zero-order valence-corrected chi connectivity index (χ0v) is 9.98. The molecule has 0 spiro atoms. The van der Waals surface area contributed by atoms with Crippen molar-refractivity contribution < 1.29 is 23.1 Å². The number of carboxylic acids is 1. The molecule has 3 aromatic heterocycles. The fraction of sp³-hybridized carbons (Fsp3) is 0.100. The van der Waals surface area contributed by atoms with Gasteiger partial charge in [-0.1, -0.05) is 0 Å². The molecule has 108 valence electrons. The second kappa shape index (κ2) is 4.26. The lowest BCUT2D eigenvalue weighted by atomic mass is 10.4. The van der Waals surface area contributed by atoms with Crippen molar-refractivity contribution in [3.63, 3.8) is 0 Å². The van der Waals surface area contributed by atoms with Gasteiger partial charge in [-0.2, -0.15) is 32.9 Å². The van der Waals surface area contributed by atoms with Gasteiger partial charge in [0.15, 0.2) is 17.2 Å². The van der Waals surface area contributed by atoms with Gasteiger partial charge in [0.25, 0.3) is 5.78 Å². The Morgan fingerprint density at radius 2 is 2.10 bits per heavy atom. The molecule has 8 nitrogen and oxygen atoms in total. The Labute approximate surface area is 113 Å². The average Bonchev–Trinajstić information content (AvgIpc) is 3.05. The van der Waals surface area contributed by atoms with Crippen LogP contribution >= 0.6 is 0 Å². The van der Waals surface area contributed by atoms with Gasteiger partial charge in [0.05, 0.1) is 0 Å². The van der Waals surface area contributed by atoms with Crippen molar-refractivity contribution in [3.05, 3.63) is 36.0 Å². The lowest BCUT2D eigenvalue weighted by molar-refractivity contribution is -0.141. The molecule has 0 saturated carbocycles. The maximum absolute atomic E-state index is 12.8. The highest BCUT2D eigenvalue weighted by Crippen LogP contribution is 2.29. The number of nitrogens with zero attached hydrogens (tertiary/aromatic N) is 6. The van der Waals surface area contributed by atoms with Crippen molar-refractivity contribution in [3.8, 4) is 5.82 Å². The Balaban J connectivity index is 2.24. The molecule has 0 aliphatic carbocycles. The van der Waals surface area contributed by atoms with Gasteiger partial charge < -0.3 is 5.11 Å². The molecular weight excluding hydrogens is 293 g/mol. The van der Waals surface area contributed by atoms with Gasteiger partial charge in [0.1, 0.15) is 6.33 Å². The number of alkyl halides is 3. The Hall–Kier alpha value is -2.98. The first-order valence-electron chi connectivity index (χ1n) is 5.43. The van der Waals surface area contributed by atoms with Crippen molar-refractivity contribution in [2.75, 3.05) is 0 Å². The van der Waals surface area contributed by atoms with E-state index in [0.717, 1.165) is 21.6 Å². The van der Waals surface area contributed by atoms with Crippen LogP contribution in [0.3, 0.4) is 0 Å². The second-order valence-electron chi connectivity index (χ2n) is 3.92.